The molecule has 1 amide bonds. The third-order valence-electron chi connectivity index (χ3n) is 18.3. The molecule has 0 spiro atoms. The smallest absolute Gasteiger partial charge is 0.394 e. The highest BCUT2D eigenvalue weighted by Gasteiger charge is 2.48. The Balaban J connectivity index is 2.16. The van der Waals surface area contributed by atoms with Gasteiger partial charge in [0.15, 0.2) is 6.29 Å². The van der Waals surface area contributed by atoms with E-state index in [1.54, 1.807) is 0 Å². The van der Waals surface area contributed by atoms with Gasteiger partial charge in [0.05, 0.1) is 25.4 Å². The van der Waals surface area contributed by atoms with Gasteiger partial charge >= 0.3 is 10.4 Å². The normalized spacial score (nSPS) is 18.2. The van der Waals surface area contributed by atoms with E-state index < -0.39 is 59.9 Å². The minimum Gasteiger partial charge on any atom is -0.394 e. The van der Waals surface area contributed by atoms with Crippen LogP contribution in [-0.2, 0) is 28.9 Å². The van der Waals surface area contributed by atoms with Gasteiger partial charge in [-0.15, -0.1) is 0 Å². The first-order chi connectivity index (χ1) is 42.0. The highest BCUT2D eigenvalue weighted by molar-refractivity contribution is 7.80. The lowest BCUT2D eigenvalue weighted by Crippen LogP contribution is -2.61. The van der Waals surface area contributed by atoms with Gasteiger partial charge in [0.25, 0.3) is 0 Å². The fourth-order valence-corrected chi connectivity index (χ4v) is 13.1. The zero-order chi connectivity index (χ0) is 62.5. The van der Waals surface area contributed by atoms with Crippen LogP contribution in [0.1, 0.15) is 393 Å². The Bertz CT molecular complexity index is 1550. The molecule has 1 aliphatic heterocycles. The average Bonchev–Trinajstić information content (AvgIpc) is 1.61. The van der Waals surface area contributed by atoms with Crippen LogP contribution in [0, 0.1) is 0 Å². The van der Waals surface area contributed by atoms with Crippen molar-refractivity contribution in [1.29, 1.82) is 0 Å². The highest BCUT2D eigenvalue weighted by atomic mass is 32.3. The van der Waals surface area contributed by atoms with Crippen molar-refractivity contribution >= 4 is 16.3 Å². The lowest BCUT2D eigenvalue weighted by Gasteiger charge is -2.41. The van der Waals surface area contributed by atoms with E-state index in [2.05, 4.69) is 35.5 Å². The van der Waals surface area contributed by atoms with Crippen LogP contribution < -0.4 is 5.32 Å². The molecular formula is C73H143NO11S. The van der Waals surface area contributed by atoms with E-state index in [1.165, 1.54) is 315 Å². The minimum atomic E-state index is -5.08. The van der Waals surface area contributed by atoms with Crippen LogP contribution in [0.15, 0.2) is 12.2 Å². The number of rotatable bonds is 68. The van der Waals surface area contributed by atoms with Crippen molar-refractivity contribution in [2.75, 3.05) is 13.2 Å². The number of aliphatic hydroxyl groups excluding tert-OH is 4. The number of unbranched alkanes of at least 4 members (excludes halogenated alkanes) is 54. The van der Waals surface area contributed by atoms with Gasteiger partial charge in [-0.05, 0) is 38.5 Å². The summed E-state index contributed by atoms with van der Waals surface area (Å²) < 4.78 is 48.2. The van der Waals surface area contributed by atoms with Gasteiger partial charge in [-0.3, -0.25) is 9.35 Å². The van der Waals surface area contributed by atoms with Gasteiger partial charge in [-0.25, -0.2) is 4.18 Å². The summed E-state index contributed by atoms with van der Waals surface area (Å²) in [7, 11) is -5.08. The SMILES string of the molecule is CCCCCCCCCCCCCCCCCC/C=C\CCCCCCCCCCCCCCCCCCCC(=O)NC(COC1OC(CO)C(O)C(OS(=O)(=O)O)C1O)C(O)CCCCCCCCCCCCCCCCCCCCCCCC. The van der Waals surface area contributed by atoms with Crippen molar-refractivity contribution in [3.05, 3.63) is 12.2 Å². The fraction of sp³-hybridized carbons (Fsp3) is 0.959. The molecule has 1 aliphatic rings. The van der Waals surface area contributed by atoms with Crippen molar-refractivity contribution < 1.29 is 51.8 Å². The molecule has 0 aromatic rings. The summed E-state index contributed by atoms with van der Waals surface area (Å²) in [5.74, 6) is -0.220. The number of nitrogens with one attached hydrogen (secondary N) is 1. The van der Waals surface area contributed by atoms with E-state index in [1.807, 2.05) is 0 Å². The summed E-state index contributed by atoms with van der Waals surface area (Å²) in [5, 5.41) is 45.4. The van der Waals surface area contributed by atoms with E-state index in [0.29, 0.717) is 12.8 Å². The molecule has 0 aromatic carbocycles. The van der Waals surface area contributed by atoms with E-state index in [4.69, 9.17) is 9.47 Å². The maximum atomic E-state index is 13.2. The first kappa shape index (κ1) is 82.9. The number of hydrogen-bond acceptors (Lipinski definition) is 10. The molecule has 1 heterocycles. The zero-order valence-corrected chi connectivity index (χ0v) is 57.2. The molecule has 0 saturated carbocycles. The fourth-order valence-electron chi connectivity index (χ4n) is 12.6. The predicted octanol–water partition coefficient (Wildman–Crippen LogP) is 20.1. The number of aliphatic hydroxyl groups is 4. The standard InChI is InChI=1S/C73H143NO11S/c1-3-5-7-9-11-13-15-17-19-21-23-25-27-28-29-30-31-32-33-34-35-36-37-38-39-40-41-43-45-47-49-51-53-55-57-59-61-63-69(77)74-66(65-83-73-71(79)72(85-86(80,81)82)70(78)68(64-75)84-73)67(76)62-60-58-56-54-52-50-48-46-44-42-26-24-22-20-18-16-14-12-10-8-6-4-2/h32-33,66-68,70-73,75-76,78-79H,3-31,34-65H2,1-2H3,(H,74,77)(H,80,81,82)/b33-32-. The van der Waals surface area contributed by atoms with Gasteiger partial charge < -0.3 is 35.2 Å². The van der Waals surface area contributed by atoms with Crippen molar-refractivity contribution in [1.82, 2.24) is 5.32 Å². The molecule has 0 aliphatic carbocycles. The second kappa shape index (κ2) is 62.6. The maximum absolute atomic E-state index is 13.2. The molecule has 1 rings (SSSR count). The first-order valence-electron chi connectivity index (χ1n) is 37.6. The van der Waals surface area contributed by atoms with E-state index >= 15 is 0 Å². The predicted molar refractivity (Wildman–Crippen MR) is 361 cm³/mol. The van der Waals surface area contributed by atoms with Crippen molar-refractivity contribution in [3.63, 3.8) is 0 Å². The molecule has 0 aromatic heterocycles. The maximum Gasteiger partial charge on any atom is 0.397 e. The van der Waals surface area contributed by atoms with Crippen molar-refractivity contribution in [2.45, 2.75) is 436 Å². The van der Waals surface area contributed by atoms with Gasteiger partial charge in [-0.2, -0.15) is 8.42 Å². The Morgan fingerprint density at radius 1 is 0.453 bits per heavy atom. The molecular weight excluding hydrogens is 1100 g/mol. The van der Waals surface area contributed by atoms with E-state index in [-0.39, 0.29) is 12.5 Å². The Kier molecular flexibility index (Phi) is 60.3. The lowest BCUT2D eigenvalue weighted by molar-refractivity contribution is -0.298. The van der Waals surface area contributed by atoms with Crippen LogP contribution in [0.25, 0.3) is 0 Å². The van der Waals surface area contributed by atoms with Crippen LogP contribution in [0.4, 0.5) is 0 Å². The quantitative estimate of drug-likeness (QED) is 0.0193. The molecule has 512 valence electrons. The Hall–Kier alpha value is -1.16. The van der Waals surface area contributed by atoms with Gasteiger partial charge in [0, 0.05) is 6.42 Å². The Morgan fingerprint density at radius 3 is 1.05 bits per heavy atom. The molecule has 1 saturated heterocycles. The van der Waals surface area contributed by atoms with Gasteiger partial charge in [0.2, 0.25) is 5.91 Å². The number of ether oxygens (including phenoxy) is 2. The summed E-state index contributed by atoms with van der Waals surface area (Å²) >= 11 is 0. The van der Waals surface area contributed by atoms with Crippen LogP contribution in [-0.4, -0.2) is 95.4 Å². The van der Waals surface area contributed by atoms with E-state index in [9.17, 15) is 38.2 Å². The van der Waals surface area contributed by atoms with Gasteiger partial charge in [-0.1, -0.05) is 360 Å². The highest BCUT2D eigenvalue weighted by Crippen LogP contribution is 2.27. The van der Waals surface area contributed by atoms with Crippen LogP contribution in [0.2, 0.25) is 0 Å². The van der Waals surface area contributed by atoms with Gasteiger partial charge in [0.1, 0.15) is 24.4 Å². The summed E-state index contributed by atoms with van der Waals surface area (Å²) in [6, 6.07) is -0.857. The Morgan fingerprint density at radius 2 is 0.744 bits per heavy atom. The minimum absolute atomic E-state index is 0.220. The molecule has 13 heteroatoms. The number of amides is 1. The monoisotopic (exact) mass is 1240 g/mol. The van der Waals surface area contributed by atoms with Crippen LogP contribution in [0.3, 0.4) is 0 Å². The van der Waals surface area contributed by atoms with Crippen LogP contribution in [0.5, 0.6) is 0 Å². The lowest BCUT2D eigenvalue weighted by atomic mass is 9.99. The molecule has 1 fully saturated rings. The number of carbonyl (C=O) groups excluding carboxylic acids is 1. The third-order valence-corrected chi connectivity index (χ3v) is 18.8. The summed E-state index contributed by atoms with van der Waals surface area (Å²) in [6.07, 6.45) is 71.3. The second-order valence-corrected chi connectivity index (χ2v) is 27.6. The number of carbonyl (C=O) groups is 1. The average molecular weight is 1240 g/mol. The third kappa shape index (κ3) is 53.5. The molecule has 7 atom stereocenters. The van der Waals surface area contributed by atoms with Crippen molar-refractivity contribution in [2.24, 2.45) is 0 Å². The van der Waals surface area contributed by atoms with Crippen LogP contribution >= 0.6 is 0 Å². The van der Waals surface area contributed by atoms with Crippen molar-refractivity contribution in [3.8, 4) is 0 Å². The molecule has 86 heavy (non-hydrogen) atoms. The van der Waals surface area contributed by atoms with E-state index in [0.717, 1.165) is 51.4 Å². The summed E-state index contributed by atoms with van der Waals surface area (Å²) in [4.78, 5) is 13.2. The zero-order valence-electron chi connectivity index (χ0n) is 56.4. The second-order valence-electron chi connectivity index (χ2n) is 26.6. The summed E-state index contributed by atoms with van der Waals surface area (Å²) in [6.45, 7) is 3.53. The molecule has 0 bridgehead atoms. The largest absolute Gasteiger partial charge is 0.397 e. The molecule has 7 unspecified atom stereocenters. The number of hydrogen-bond donors (Lipinski definition) is 6. The number of allylic oxidation sites excluding steroid dienone is 2. The topological polar surface area (TPSA) is 192 Å². The summed E-state index contributed by atoms with van der Waals surface area (Å²) in [5.41, 5.74) is 0. The molecule has 6 N–H and O–H groups in total. The molecule has 0 radical (unpaired) electrons. The first-order valence-corrected chi connectivity index (χ1v) is 38.9. The molecule has 12 nitrogen and oxygen atoms in total. The Labute approximate surface area is 531 Å².